The highest BCUT2D eigenvalue weighted by atomic mass is 16.3. The molecule has 194 valence electrons. The van der Waals surface area contributed by atoms with Gasteiger partial charge in [-0.3, -0.25) is 39.6 Å². The molecule has 2 aromatic rings. The van der Waals surface area contributed by atoms with Crippen molar-refractivity contribution in [1.29, 1.82) is 0 Å². The summed E-state index contributed by atoms with van der Waals surface area (Å²) in [7, 11) is 1.92. The van der Waals surface area contributed by atoms with E-state index in [1.54, 1.807) is 12.1 Å². The fourth-order valence-corrected chi connectivity index (χ4v) is 5.41. The van der Waals surface area contributed by atoms with Crippen LogP contribution in [-0.2, 0) is 22.6 Å². The molecule has 3 aliphatic rings. The van der Waals surface area contributed by atoms with Crippen LogP contribution >= 0.6 is 0 Å². The number of carbonyl (C=O) groups is 3. The predicted octanol–water partition coefficient (Wildman–Crippen LogP) is -0.568. The number of nitrogens with zero attached hydrogens (tertiary/aromatic N) is 4. The number of amides is 4. The lowest BCUT2D eigenvalue weighted by atomic mass is 9.68. The Balaban J connectivity index is 1.55. The largest absolute Gasteiger partial charge is 0.494 e. The van der Waals surface area contributed by atoms with Gasteiger partial charge >= 0.3 is 11.7 Å². The smallest absolute Gasteiger partial charge is 0.331 e. The monoisotopic (exact) mass is 509 g/mol. The number of hydrogen-bond acceptors (Lipinski definition) is 9. The van der Waals surface area contributed by atoms with Gasteiger partial charge in [-0.2, -0.15) is 0 Å². The molecule has 2 saturated heterocycles. The average molecular weight is 510 g/mol. The molecule has 4 heterocycles. The maximum atomic E-state index is 13.2. The van der Waals surface area contributed by atoms with Crippen LogP contribution in [-0.4, -0.2) is 76.3 Å². The number of nitrogens with one attached hydrogen (secondary N) is 3. The summed E-state index contributed by atoms with van der Waals surface area (Å²) >= 11 is 0. The van der Waals surface area contributed by atoms with Crippen molar-refractivity contribution in [3.8, 4) is 5.88 Å². The van der Waals surface area contributed by atoms with E-state index in [0.29, 0.717) is 30.8 Å². The highest BCUT2D eigenvalue weighted by Crippen LogP contribution is 2.45. The summed E-state index contributed by atoms with van der Waals surface area (Å²) in [5.41, 5.74) is -1.18. The first kappa shape index (κ1) is 24.4. The maximum absolute atomic E-state index is 13.2. The average Bonchev–Trinajstić information content (AvgIpc) is 2.84. The normalized spacial score (nSPS) is 21.1. The van der Waals surface area contributed by atoms with Crippen molar-refractivity contribution in [1.82, 2.24) is 25.1 Å². The predicted molar refractivity (Wildman–Crippen MR) is 133 cm³/mol. The van der Waals surface area contributed by atoms with Gasteiger partial charge in [0, 0.05) is 38.1 Å². The first-order chi connectivity index (χ1) is 17.6. The zero-order valence-corrected chi connectivity index (χ0v) is 20.4. The van der Waals surface area contributed by atoms with E-state index in [1.807, 2.05) is 29.8 Å². The summed E-state index contributed by atoms with van der Waals surface area (Å²) in [4.78, 5) is 73.1. The molecule has 0 bridgehead atoms. The number of hydrogen-bond donors (Lipinski definition) is 4. The van der Waals surface area contributed by atoms with Crippen LogP contribution < -0.4 is 26.8 Å². The van der Waals surface area contributed by atoms with Gasteiger partial charge in [-0.25, -0.2) is 9.59 Å². The van der Waals surface area contributed by atoms with Gasteiger partial charge in [0.05, 0.1) is 11.7 Å². The van der Waals surface area contributed by atoms with Gasteiger partial charge in [0.15, 0.2) is 5.41 Å². The highest BCUT2D eigenvalue weighted by Gasteiger charge is 2.60. The van der Waals surface area contributed by atoms with E-state index in [1.165, 1.54) is 6.21 Å². The number of barbiturate groups is 1. The lowest BCUT2D eigenvalue weighted by Crippen LogP contribution is -2.74. The maximum Gasteiger partial charge on any atom is 0.331 e. The fraction of sp³-hybridized carbons (Fsp3) is 0.417. The van der Waals surface area contributed by atoms with Gasteiger partial charge in [0.1, 0.15) is 5.56 Å². The number of anilines is 1. The van der Waals surface area contributed by atoms with Crippen molar-refractivity contribution in [3.05, 3.63) is 50.2 Å². The number of aliphatic imine (C=N–C) groups is 1. The first-order valence-corrected chi connectivity index (χ1v) is 12.0. The van der Waals surface area contributed by atoms with Crippen LogP contribution in [0.5, 0.6) is 5.88 Å². The zero-order chi connectivity index (χ0) is 26.5. The Morgan fingerprint density at radius 1 is 1.14 bits per heavy atom. The third kappa shape index (κ3) is 3.91. The number of urea groups is 1. The lowest BCUT2D eigenvalue weighted by molar-refractivity contribution is -0.147. The number of H-pyrrole nitrogens is 1. The van der Waals surface area contributed by atoms with Gasteiger partial charge in [-0.05, 0) is 43.7 Å². The molecule has 13 nitrogen and oxygen atoms in total. The van der Waals surface area contributed by atoms with Gasteiger partial charge in [0.25, 0.3) is 5.56 Å². The molecular weight excluding hydrogens is 482 g/mol. The van der Waals surface area contributed by atoms with Crippen LogP contribution in [0, 0.1) is 5.41 Å². The van der Waals surface area contributed by atoms with Crippen LogP contribution in [0.1, 0.15) is 24.5 Å². The number of piperazine rings is 1. The molecule has 4 amide bonds. The molecule has 37 heavy (non-hydrogen) atoms. The Bertz CT molecular complexity index is 1440. The standard InChI is InChI=1S/C24H27N7O6/c1-3-6-31-19(33)15(18(32)26-23(31)37)11-25-14-4-5-16-13(9-14)10-24(17-12-29(2)7-8-30(16)17)20(34)27-22(36)28-21(24)35/h4-5,9,11,17,33H,3,6-8,10,12H2,1-2H3,(H,26,32,37)(H2,27,28,34,35,36)/t17-/m1/s1. The number of imide groups is 2. The van der Waals surface area contributed by atoms with Gasteiger partial charge in [-0.15, -0.1) is 0 Å². The third-order valence-electron chi connectivity index (χ3n) is 7.26. The van der Waals surface area contributed by atoms with E-state index in [9.17, 15) is 29.1 Å². The zero-order valence-electron chi connectivity index (χ0n) is 20.4. The lowest BCUT2D eigenvalue weighted by Gasteiger charge is -2.53. The van der Waals surface area contributed by atoms with E-state index < -0.39 is 46.4 Å². The van der Waals surface area contributed by atoms with Crippen molar-refractivity contribution >= 4 is 35.4 Å². The Morgan fingerprint density at radius 3 is 2.57 bits per heavy atom. The van der Waals surface area contributed by atoms with Crippen molar-refractivity contribution in [3.63, 3.8) is 0 Å². The number of benzene rings is 1. The summed E-state index contributed by atoms with van der Waals surface area (Å²) in [5, 5.41) is 15.0. The van der Waals surface area contributed by atoms with Crippen LogP contribution in [0.25, 0.3) is 0 Å². The minimum atomic E-state index is -1.51. The number of fused-ring (bicyclic) bond motifs is 4. The first-order valence-electron chi connectivity index (χ1n) is 12.0. The Labute approximate surface area is 210 Å². The summed E-state index contributed by atoms with van der Waals surface area (Å²) in [6.45, 7) is 3.82. The quantitative estimate of drug-likeness (QED) is 0.314. The van der Waals surface area contributed by atoms with Crippen molar-refractivity contribution < 1.29 is 19.5 Å². The number of aromatic hydroxyl groups is 1. The van der Waals surface area contributed by atoms with Crippen LogP contribution in [0.4, 0.5) is 16.2 Å². The number of aromatic nitrogens is 2. The number of rotatable bonds is 4. The highest BCUT2D eigenvalue weighted by molar-refractivity contribution is 6.20. The molecule has 1 spiro atoms. The Hall–Kier alpha value is -4.26. The summed E-state index contributed by atoms with van der Waals surface area (Å²) in [6.07, 6.45) is 1.80. The van der Waals surface area contributed by atoms with Gasteiger partial charge in [0.2, 0.25) is 17.7 Å². The molecular formula is C24H27N7O6. The van der Waals surface area contributed by atoms with Gasteiger partial charge in [-0.1, -0.05) is 6.92 Å². The number of likely N-dealkylation sites (N-methyl/N-ethyl adjacent to an activating group) is 1. The van der Waals surface area contributed by atoms with E-state index >= 15 is 0 Å². The summed E-state index contributed by atoms with van der Waals surface area (Å²) in [5.74, 6) is -1.75. The molecule has 0 saturated carbocycles. The SMILES string of the molecule is CCCn1c(O)c(C=Nc2ccc3c(c2)CC2(C(=O)NC(=O)NC2=O)[C@H]2CN(C)CCN32)c(=O)[nH]c1=O. The number of carbonyl (C=O) groups excluding carboxylic acids is 3. The molecule has 1 aromatic carbocycles. The molecule has 0 aliphatic carbocycles. The van der Waals surface area contributed by atoms with Crippen molar-refractivity contribution in [2.24, 2.45) is 10.4 Å². The van der Waals surface area contributed by atoms with Crippen LogP contribution in [0.3, 0.4) is 0 Å². The Morgan fingerprint density at radius 2 is 1.86 bits per heavy atom. The fourth-order valence-electron chi connectivity index (χ4n) is 5.41. The minimum absolute atomic E-state index is 0.0544. The Kier molecular flexibility index (Phi) is 5.94. The molecule has 1 aromatic heterocycles. The summed E-state index contributed by atoms with van der Waals surface area (Å²) in [6, 6.07) is 3.98. The van der Waals surface area contributed by atoms with Crippen molar-refractivity contribution in [2.75, 3.05) is 31.6 Å². The minimum Gasteiger partial charge on any atom is -0.494 e. The molecule has 0 radical (unpaired) electrons. The van der Waals surface area contributed by atoms with E-state index in [0.717, 1.165) is 16.8 Å². The molecule has 0 unspecified atom stereocenters. The molecule has 3 aliphatic heterocycles. The van der Waals surface area contributed by atoms with Gasteiger partial charge < -0.3 is 14.9 Å². The molecule has 4 N–H and O–H groups in total. The second-order valence-electron chi connectivity index (χ2n) is 9.58. The molecule has 13 heteroatoms. The van der Waals surface area contributed by atoms with Crippen LogP contribution in [0.2, 0.25) is 0 Å². The third-order valence-corrected chi connectivity index (χ3v) is 7.26. The summed E-state index contributed by atoms with van der Waals surface area (Å²) < 4.78 is 1.06. The van der Waals surface area contributed by atoms with E-state index in [-0.39, 0.29) is 18.5 Å². The second kappa shape index (κ2) is 9.00. The molecule has 2 fully saturated rings. The van der Waals surface area contributed by atoms with Crippen LogP contribution in [0.15, 0.2) is 32.8 Å². The van der Waals surface area contributed by atoms with Crippen molar-refractivity contribution in [2.45, 2.75) is 32.4 Å². The topological polar surface area (TPSA) is 169 Å². The van der Waals surface area contributed by atoms with E-state index in [2.05, 4.69) is 20.6 Å². The molecule has 1 atom stereocenters. The second-order valence-corrected chi connectivity index (χ2v) is 9.58. The molecule has 5 rings (SSSR count). The van der Waals surface area contributed by atoms with E-state index in [4.69, 9.17) is 0 Å². The number of aromatic amines is 1.